The van der Waals surface area contributed by atoms with Gasteiger partial charge in [0, 0.05) is 24.5 Å². The molecule has 0 N–H and O–H groups in total. The molecule has 1 heterocycles. The molecule has 0 aliphatic heterocycles. The Hall–Kier alpha value is -1.78. The molecule has 0 saturated carbocycles. The minimum absolute atomic E-state index is 0.175. The van der Waals surface area contributed by atoms with Crippen molar-refractivity contribution in [3.8, 4) is 0 Å². The Labute approximate surface area is 102 Å². The molecule has 0 radical (unpaired) electrons. The van der Waals surface area contributed by atoms with Crippen LogP contribution in [0.2, 0.25) is 0 Å². The molecule has 1 aliphatic rings. The smallest absolute Gasteiger partial charge is 0.160 e. The van der Waals surface area contributed by atoms with E-state index in [2.05, 4.69) is 5.16 Å². The minimum Gasteiger partial charge on any atom is -0.361 e. The molecule has 0 saturated heterocycles. The second-order valence-electron chi connectivity index (χ2n) is 4.16. The lowest BCUT2D eigenvalue weighted by Gasteiger charge is -2.01. The van der Waals surface area contributed by atoms with Crippen LogP contribution >= 0.6 is 0 Å². The van der Waals surface area contributed by atoms with Crippen LogP contribution in [0.4, 0.5) is 13.2 Å². The highest BCUT2D eigenvalue weighted by Crippen LogP contribution is 2.28. The van der Waals surface area contributed by atoms with E-state index in [1.807, 2.05) is 0 Å². The molecule has 2 rings (SSSR count). The molecular weight excluding hydrogens is 243 g/mol. The van der Waals surface area contributed by atoms with Crippen LogP contribution in [0, 0.1) is 6.92 Å². The van der Waals surface area contributed by atoms with Crippen molar-refractivity contribution in [1.82, 2.24) is 5.16 Å². The second kappa shape index (κ2) is 5.25. The van der Waals surface area contributed by atoms with Gasteiger partial charge in [0.15, 0.2) is 5.83 Å². The number of hydrogen-bond donors (Lipinski definition) is 0. The van der Waals surface area contributed by atoms with E-state index in [9.17, 15) is 13.2 Å². The number of aromatic nitrogens is 1. The molecule has 0 fully saturated rings. The van der Waals surface area contributed by atoms with Crippen molar-refractivity contribution in [2.24, 2.45) is 0 Å². The van der Waals surface area contributed by atoms with Gasteiger partial charge in [-0.2, -0.15) is 0 Å². The topological polar surface area (TPSA) is 26.0 Å². The highest BCUT2D eigenvalue weighted by atomic mass is 19.2. The highest BCUT2D eigenvalue weighted by molar-refractivity contribution is 5.38. The maximum atomic E-state index is 13.4. The van der Waals surface area contributed by atoms with Crippen molar-refractivity contribution >= 4 is 0 Å². The van der Waals surface area contributed by atoms with Crippen LogP contribution in [0.15, 0.2) is 45.5 Å². The molecule has 18 heavy (non-hydrogen) atoms. The summed E-state index contributed by atoms with van der Waals surface area (Å²) in [7, 11) is 0. The Kier molecular flexibility index (Phi) is 3.69. The Morgan fingerprint density at radius 2 is 2.11 bits per heavy atom. The summed E-state index contributed by atoms with van der Waals surface area (Å²) < 4.78 is 44.3. The minimum atomic E-state index is -1.10. The van der Waals surface area contributed by atoms with Gasteiger partial charge < -0.3 is 4.52 Å². The molecular formula is C13H12F3NO. The first-order valence-electron chi connectivity index (χ1n) is 5.51. The van der Waals surface area contributed by atoms with Gasteiger partial charge >= 0.3 is 0 Å². The second-order valence-corrected chi connectivity index (χ2v) is 4.16. The van der Waals surface area contributed by atoms with E-state index < -0.39 is 18.3 Å². The lowest BCUT2D eigenvalue weighted by Crippen LogP contribution is -1.91. The number of rotatable bonds is 3. The molecule has 0 aromatic carbocycles. The number of nitrogens with zero attached hydrogens (tertiary/aromatic N) is 1. The SMILES string of the molecule is Cc1cc(CC2=CC=C(CF)C(F)=C(F)C2)on1. The van der Waals surface area contributed by atoms with Gasteiger partial charge in [0.25, 0.3) is 0 Å². The summed E-state index contributed by atoms with van der Waals surface area (Å²) in [6.07, 6.45) is 2.95. The third kappa shape index (κ3) is 2.72. The average molecular weight is 255 g/mol. The van der Waals surface area contributed by atoms with E-state index in [1.54, 1.807) is 13.0 Å². The fourth-order valence-electron chi connectivity index (χ4n) is 1.75. The maximum Gasteiger partial charge on any atom is 0.160 e. The number of allylic oxidation sites excluding steroid dienone is 6. The van der Waals surface area contributed by atoms with Crippen molar-refractivity contribution in [3.05, 3.63) is 52.5 Å². The zero-order chi connectivity index (χ0) is 13.1. The number of hydrogen-bond acceptors (Lipinski definition) is 2. The van der Waals surface area contributed by atoms with Crippen LogP contribution in [0.3, 0.4) is 0 Å². The predicted molar refractivity (Wildman–Crippen MR) is 60.9 cm³/mol. The highest BCUT2D eigenvalue weighted by Gasteiger charge is 2.17. The molecule has 1 aliphatic carbocycles. The molecule has 0 spiro atoms. The first kappa shape index (κ1) is 12.7. The van der Waals surface area contributed by atoms with Gasteiger partial charge in [0.05, 0.1) is 5.69 Å². The van der Waals surface area contributed by atoms with Gasteiger partial charge in [-0.25, -0.2) is 13.2 Å². The number of halogens is 3. The van der Waals surface area contributed by atoms with Gasteiger partial charge in [-0.15, -0.1) is 0 Å². The molecule has 2 nitrogen and oxygen atoms in total. The van der Waals surface area contributed by atoms with Crippen LogP contribution in [-0.4, -0.2) is 11.8 Å². The molecule has 1 aromatic heterocycles. The molecule has 0 bridgehead atoms. The summed E-state index contributed by atoms with van der Waals surface area (Å²) in [5.74, 6) is -1.47. The fraction of sp³-hybridized carbons (Fsp3) is 0.308. The summed E-state index contributed by atoms with van der Waals surface area (Å²) in [4.78, 5) is 0. The largest absolute Gasteiger partial charge is 0.361 e. The summed E-state index contributed by atoms with van der Waals surface area (Å²) >= 11 is 0. The summed E-state index contributed by atoms with van der Waals surface area (Å²) in [5, 5.41) is 3.71. The van der Waals surface area contributed by atoms with Crippen molar-refractivity contribution in [1.29, 1.82) is 0 Å². The molecule has 1 aromatic rings. The lowest BCUT2D eigenvalue weighted by atomic mass is 10.1. The molecule has 0 unspecified atom stereocenters. The van der Waals surface area contributed by atoms with E-state index in [-0.39, 0.29) is 12.0 Å². The first-order chi connectivity index (χ1) is 8.60. The van der Waals surface area contributed by atoms with Gasteiger partial charge in [0.1, 0.15) is 18.3 Å². The average Bonchev–Trinajstić information content (AvgIpc) is 2.68. The Bertz CT molecular complexity index is 540. The zero-order valence-electron chi connectivity index (χ0n) is 9.84. The van der Waals surface area contributed by atoms with Gasteiger partial charge in [-0.05, 0) is 6.92 Å². The van der Waals surface area contributed by atoms with E-state index in [0.717, 1.165) is 5.69 Å². The third-order valence-electron chi connectivity index (χ3n) is 2.64. The van der Waals surface area contributed by atoms with Gasteiger partial charge in [-0.1, -0.05) is 22.9 Å². The Morgan fingerprint density at radius 3 is 2.72 bits per heavy atom. The van der Waals surface area contributed by atoms with Crippen LogP contribution in [-0.2, 0) is 6.42 Å². The maximum absolute atomic E-state index is 13.4. The third-order valence-corrected chi connectivity index (χ3v) is 2.64. The molecule has 0 atom stereocenters. The van der Waals surface area contributed by atoms with Crippen molar-refractivity contribution in [3.63, 3.8) is 0 Å². The molecule has 96 valence electrons. The summed E-state index contributed by atoms with van der Waals surface area (Å²) in [5.41, 5.74) is 1.07. The van der Waals surface area contributed by atoms with Crippen LogP contribution in [0.5, 0.6) is 0 Å². The fourth-order valence-corrected chi connectivity index (χ4v) is 1.75. The standard InChI is InChI=1S/C13H12F3NO/c1-8-4-11(18-17-8)5-9-2-3-10(7-14)13(16)12(15)6-9/h2-4H,5-7H2,1H3. The van der Waals surface area contributed by atoms with Gasteiger partial charge in [-0.3, -0.25) is 0 Å². The van der Waals surface area contributed by atoms with Crippen LogP contribution < -0.4 is 0 Å². The lowest BCUT2D eigenvalue weighted by molar-refractivity contribution is 0.384. The van der Waals surface area contributed by atoms with Crippen molar-refractivity contribution in [2.75, 3.05) is 6.67 Å². The first-order valence-corrected chi connectivity index (χ1v) is 5.51. The van der Waals surface area contributed by atoms with E-state index in [1.165, 1.54) is 12.2 Å². The normalized spacial score (nSPS) is 16.4. The quantitative estimate of drug-likeness (QED) is 0.818. The Morgan fingerprint density at radius 1 is 1.33 bits per heavy atom. The molecule has 5 heteroatoms. The summed E-state index contributed by atoms with van der Waals surface area (Å²) in [6.45, 7) is 0.750. The van der Waals surface area contributed by atoms with Crippen LogP contribution in [0.25, 0.3) is 0 Å². The number of alkyl halides is 1. The van der Waals surface area contributed by atoms with Gasteiger partial charge in [0.2, 0.25) is 0 Å². The monoisotopic (exact) mass is 255 g/mol. The zero-order valence-corrected chi connectivity index (χ0v) is 9.84. The van der Waals surface area contributed by atoms with Crippen molar-refractivity contribution < 1.29 is 17.7 Å². The predicted octanol–water partition coefficient (Wildman–Crippen LogP) is 3.90. The van der Waals surface area contributed by atoms with E-state index in [4.69, 9.17) is 4.52 Å². The van der Waals surface area contributed by atoms with E-state index >= 15 is 0 Å². The van der Waals surface area contributed by atoms with Crippen LogP contribution in [0.1, 0.15) is 17.9 Å². The Balaban J connectivity index is 2.21. The molecule has 0 amide bonds. The van der Waals surface area contributed by atoms with Crippen molar-refractivity contribution in [2.45, 2.75) is 19.8 Å². The summed E-state index contributed by atoms with van der Waals surface area (Å²) in [6, 6.07) is 1.73. The number of aryl methyl sites for hydroxylation is 1. The van der Waals surface area contributed by atoms with E-state index in [0.29, 0.717) is 17.8 Å².